The second-order valence-corrected chi connectivity index (χ2v) is 5.28. The van der Waals surface area contributed by atoms with Crippen LogP contribution in [0.1, 0.15) is 12.0 Å². The molecule has 1 saturated heterocycles. The molecule has 0 bridgehead atoms. The summed E-state index contributed by atoms with van der Waals surface area (Å²) in [7, 11) is 0. The molecule has 2 rings (SSSR count). The van der Waals surface area contributed by atoms with Crippen LogP contribution in [0.15, 0.2) is 22.7 Å². The lowest BCUT2D eigenvalue weighted by molar-refractivity contribution is 0.0268. The number of nitrogens with one attached hydrogen (secondary N) is 1. The standard InChI is InChI=1S/C12H15BrFNO2/c13-10-2-1-9(11(14)5-10)6-15-7-12(16)3-4-17-8-12/h1-2,5,15-16H,3-4,6-8H2. The molecule has 1 aromatic rings. The molecule has 1 aromatic carbocycles. The molecule has 1 unspecified atom stereocenters. The van der Waals surface area contributed by atoms with Crippen LogP contribution in [0, 0.1) is 5.82 Å². The number of rotatable bonds is 4. The fourth-order valence-electron chi connectivity index (χ4n) is 1.83. The Morgan fingerprint density at radius 2 is 2.35 bits per heavy atom. The first kappa shape index (κ1) is 13.0. The molecule has 0 saturated carbocycles. The van der Waals surface area contributed by atoms with Crippen molar-refractivity contribution in [3.05, 3.63) is 34.1 Å². The average Bonchev–Trinajstić information content (AvgIpc) is 2.69. The highest BCUT2D eigenvalue weighted by atomic mass is 79.9. The lowest BCUT2D eigenvalue weighted by Crippen LogP contribution is -2.40. The van der Waals surface area contributed by atoms with E-state index < -0.39 is 5.60 Å². The maximum atomic E-state index is 13.5. The van der Waals surface area contributed by atoms with Gasteiger partial charge in [-0.2, -0.15) is 0 Å². The third kappa shape index (κ3) is 3.48. The Bertz CT molecular complexity index is 394. The van der Waals surface area contributed by atoms with Crippen LogP contribution in [0.25, 0.3) is 0 Å². The van der Waals surface area contributed by atoms with Crippen molar-refractivity contribution in [1.82, 2.24) is 5.32 Å². The van der Waals surface area contributed by atoms with Crippen LogP contribution < -0.4 is 5.32 Å². The van der Waals surface area contributed by atoms with E-state index in [4.69, 9.17) is 4.74 Å². The molecule has 0 radical (unpaired) electrons. The van der Waals surface area contributed by atoms with E-state index in [-0.39, 0.29) is 5.82 Å². The van der Waals surface area contributed by atoms with E-state index in [2.05, 4.69) is 21.2 Å². The Morgan fingerprint density at radius 3 is 3.00 bits per heavy atom. The largest absolute Gasteiger partial charge is 0.386 e. The van der Waals surface area contributed by atoms with Crippen LogP contribution in [-0.2, 0) is 11.3 Å². The third-order valence-corrected chi connectivity index (χ3v) is 3.36. The molecular formula is C12H15BrFNO2. The molecule has 94 valence electrons. The molecule has 1 fully saturated rings. The molecule has 17 heavy (non-hydrogen) atoms. The number of benzene rings is 1. The molecule has 0 amide bonds. The Labute approximate surface area is 108 Å². The first-order valence-electron chi connectivity index (χ1n) is 5.54. The van der Waals surface area contributed by atoms with Crippen molar-refractivity contribution in [3.8, 4) is 0 Å². The van der Waals surface area contributed by atoms with Crippen molar-refractivity contribution in [3.63, 3.8) is 0 Å². The normalized spacial score (nSPS) is 24.2. The maximum absolute atomic E-state index is 13.5. The minimum atomic E-state index is -0.800. The first-order valence-corrected chi connectivity index (χ1v) is 6.33. The van der Waals surface area contributed by atoms with Crippen molar-refractivity contribution in [2.24, 2.45) is 0 Å². The first-order chi connectivity index (χ1) is 8.09. The maximum Gasteiger partial charge on any atom is 0.128 e. The van der Waals surface area contributed by atoms with E-state index in [1.165, 1.54) is 6.07 Å². The van der Waals surface area contributed by atoms with Gasteiger partial charge in [0.25, 0.3) is 0 Å². The van der Waals surface area contributed by atoms with Crippen LogP contribution in [0.3, 0.4) is 0 Å². The molecule has 1 heterocycles. The Kier molecular flexibility index (Phi) is 4.14. The van der Waals surface area contributed by atoms with E-state index in [0.717, 1.165) is 4.47 Å². The zero-order valence-corrected chi connectivity index (χ0v) is 11.0. The summed E-state index contributed by atoms with van der Waals surface area (Å²) in [5, 5.41) is 13.1. The van der Waals surface area contributed by atoms with E-state index in [9.17, 15) is 9.50 Å². The van der Waals surface area contributed by atoms with Crippen molar-refractivity contribution in [2.45, 2.75) is 18.6 Å². The molecule has 1 aliphatic heterocycles. The summed E-state index contributed by atoms with van der Waals surface area (Å²) in [6, 6.07) is 4.96. The van der Waals surface area contributed by atoms with Crippen LogP contribution in [0.4, 0.5) is 4.39 Å². The smallest absolute Gasteiger partial charge is 0.128 e. The van der Waals surface area contributed by atoms with Gasteiger partial charge in [0.1, 0.15) is 11.4 Å². The van der Waals surface area contributed by atoms with E-state index in [1.54, 1.807) is 12.1 Å². The van der Waals surface area contributed by atoms with Gasteiger partial charge in [0.15, 0.2) is 0 Å². The summed E-state index contributed by atoms with van der Waals surface area (Å²) >= 11 is 3.21. The lowest BCUT2D eigenvalue weighted by Gasteiger charge is -2.20. The second-order valence-electron chi connectivity index (χ2n) is 4.37. The third-order valence-electron chi connectivity index (χ3n) is 2.87. The van der Waals surface area contributed by atoms with Gasteiger partial charge < -0.3 is 15.2 Å². The Hall–Kier alpha value is -0.490. The van der Waals surface area contributed by atoms with Crippen LogP contribution in [-0.4, -0.2) is 30.5 Å². The van der Waals surface area contributed by atoms with Crippen molar-refractivity contribution in [1.29, 1.82) is 0 Å². The van der Waals surface area contributed by atoms with Gasteiger partial charge in [-0.3, -0.25) is 0 Å². The molecule has 1 atom stereocenters. The second kappa shape index (κ2) is 5.44. The van der Waals surface area contributed by atoms with Crippen molar-refractivity contribution >= 4 is 15.9 Å². The summed E-state index contributed by atoms with van der Waals surface area (Å²) in [5.74, 6) is -0.249. The van der Waals surface area contributed by atoms with Crippen molar-refractivity contribution in [2.75, 3.05) is 19.8 Å². The number of halogens is 2. The molecular weight excluding hydrogens is 289 g/mol. The minimum absolute atomic E-state index is 0.249. The van der Waals surface area contributed by atoms with Gasteiger partial charge in [0.05, 0.1) is 6.61 Å². The highest BCUT2D eigenvalue weighted by Crippen LogP contribution is 2.18. The number of hydrogen-bond acceptors (Lipinski definition) is 3. The number of hydrogen-bond donors (Lipinski definition) is 2. The van der Waals surface area contributed by atoms with Crippen LogP contribution >= 0.6 is 15.9 Å². The van der Waals surface area contributed by atoms with E-state index in [1.807, 2.05) is 0 Å². The zero-order valence-electron chi connectivity index (χ0n) is 9.38. The predicted octanol–water partition coefficient (Wildman–Crippen LogP) is 1.83. The van der Waals surface area contributed by atoms with Gasteiger partial charge in [0.2, 0.25) is 0 Å². The van der Waals surface area contributed by atoms with Gasteiger partial charge >= 0.3 is 0 Å². The minimum Gasteiger partial charge on any atom is -0.386 e. The van der Waals surface area contributed by atoms with Crippen molar-refractivity contribution < 1.29 is 14.2 Å². The van der Waals surface area contributed by atoms with Gasteiger partial charge in [-0.25, -0.2) is 4.39 Å². The average molecular weight is 304 g/mol. The Balaban J connectivity index is 1.85. The molecule has 5 heteroatoms. The molecule has 0 aromatic heterocycles. The number of ether oxygens (including phenoxy) is 1. The van der Waals surface area contributed by atoms with Gasteiger partial charge in [-0.1, -0.05) is 22.0 Å². The van der Waals surface area contributed by atoms with Gasteiger partial charge in [-0.05, 0) is 12.1 Å². The monoisotopic (exact) mass is 303 g/mol. The lowest BCUT2D eigenvalue weighted by atomic mass is 10.0. The fraction of sp³-hybridized carbons (Fsp3) is 0.500. The number of aliphatic hydroxyl groups is 1. The van der Waals surface area contributed by atoms with E-state index in [0.29, 0.717) is 38.3 Å². The van der Waals surface area contributed by atoms with E-state index >= 15 is 0 Å². The summed E-state index contributed by atoms with van der Waals surface area (Å²) in [6.45, 7) is 1.76. The highest BCUT2D eigenvalue weighted by Gasteiger charge is 2.31. The van der Waals surface area contributed by atoms with Crippen LogP contribution in [0.2, 0.25) is 0 Å². The highest BCUT2D eigenvalue weighted by molar-refractivity contribution is 9.10. The molecule has 0 aliphatic carbocycles. The zero-order chi connectivity index (χ0) is 12.3. The summed E-state index contributed by atoms with van der Waals surface area (Å²) < 4.78 is 19.3. The summed E-state index contributed by atoms with van der Waals surface area (Å²) in [6.07, 6.45) is 0.628. The Morgan fingerprint density at radius 1 is 1.53 bits per heavy atom. The quantitative estimate of drug-likeness (QED) is 0.892. The molecule has 0 spiro atoms. The summed E-state index contributed by atoms with van der Waals surface area (Å²) in [4.78, 5) is 0. The van der Waals surface area contributed by atoms with Gasteiger partial charge in [-0.15, -0.1) is 0 Å². The van der Waals surface area contributed by atoms with Gasteiger partial charge in [0, 0.05) is 36.2 Å². The molecule has 3 nitrogen and oxygen atoms in total. The fourth-order valence-corrected chi connectivity index (χ4v) is 2.16. The molecule has 2 N–H and O–H groups in total. The summed E-state index contributed by atoms with van der Waals surface area (Å²) in [5.41, 5.74) is -0.207. The SMILES string of the molecule is OC1(CNCc2ccc(Br)cc2F)CCOC1. The topological polar surface area (TPSA) is 41.5 Å². The molecule has 1 aliphatic rings. The predicted molar refractivity (Wildman–Crippen MR) is 66.2 cm³/mol. The van der Waals surface area contributed by atoms with Crippen LogP contribution in [0.5, 0.6) is 0 Å².